The summed E-state index contributed by atoms with van der Waals surface area (Å²) >= 11 is 0. The highest BCUT2D eigenvalue weighted by Crippen LogP contribution is 2.07. The van der Waals surface area contributed by atoms with E-state index in [1.165, 1.54) is 38.5 Å². The molecule has 0 rings (SSSR count). The quantitative estimate of drug-likeness (QED) is 0.230. The maximum Gasteiger partial charge on any atom is 0.257 e. The summed E-state index contributed by atoms with van der Waals surface area (Å²) in [5, 5.41) is 0. The Balaban J connectivity index is 2.86. The molecule has 0 aliphatic carbocycles. The second kappa shape index (κ2) is 10.4. The van der Waals surface area contributed by atoms with E-state index in [2.05, 4.69) is 11.7 Å². The molecule has 0 unspecified atom stereocenters. The first-order chi connectivity index (χ1) is 5.91. The number of nitrogens with zero attached hydrogens (tertiary/aromatic N) is 2. The minimum absolute atomic E-state index is 0.921. The summed E-state index contributed by atoms with van der Waals surface area (Å²) in [6, 6.07) is 0. The number of hydrogen-bond donors (Lipinski definition) is 0. The molecule has 2 heteroatoms. The third-order valence-corrected chi connectivity index (χ3v) is 2.02. The van der Waals surface area contributed by atoms with Gasteiger partial charge in [0.1, 0.15) is 0 Å². The van der Waals surface area contributed by atoms with Crippen molar-refractivity contribution in [1.82, 2.24) is 0 Å². The van der Waals surface area contributed by atoms with Gasteiger partial charge in [0.05, 0.1) is 0 Å². The van der Waals surface area contributed by atoms with Gasteiger partial charge in [0.25, 0.3) is 6.21 Å². The highest BCUT2D eigenvalue weighted by Gasteiger charge is 1.90. The van der Waals surface area contributed by atoms with E-state index in [1.807, 2.05) is 0 Å². The maximum absolute atomic E-state index is 8.11. The lowest BCUT2D eigenvalue weighted by atomic mass is 10.1. The molecule has 0 fully saturated rings. The van der Waals surface area contributed by atoms with Crippen LogP contribution in [-0.2, 0) is 0 Å². The summed E-state index contributed by atoms with van der Waals surface area (Å²) in [5.41, 5.74) is 8.11. The number of unbranched alkanes of at least 4 members (excludes halogenated alkanes) is 7. The van der Waals surface area contributed by atoms with Crippen LogP contribution in [0.25, 0.3) is 5.53 Å². The lowest BCUT2D eigenvalue weighted by Gasteiger charge is -1.97. The van der Waals surface area contributed by atoms with Crippen molar-refractivity contribution in [3.63, 3.8) is 0 Å². The minimum atomic E-state index is 0.921. The lowest BCUT2D eigenvalue weighted by molar-refractivity contribution is 0.000734. The SMILES string of the molecule is CCCCCCCCCC=[N+]=[N-]. The van der Waals surface area contributed by atoms with Crippen molar-refractivity contribution in [1.29, 1.82) is 0 Å². The molecule has 0 saturated carbocycles. The van der Waals surface area contributed by atoms with E-state index in [9.17, 15) is 0 Å². The summed E-state index contributed by atoms with van der Waals surface area (Å²) in [6.45, 7) is 2.23. The Morgan fingerprint density at radius 1 is 1.00 bits per heavy atom. The van der Waals surface area contributed by atoms with Crippen LogP contribution in [0.5, 0.6) is 0 Å². The molecule has 2 nitrogen and oxygen atoms in total. The highest BCUT2D eigenvalue weighted by molar-refractivity contribution is 5.49. The van der Waals surface area contributed by atoms with Crippen LogP contribution < -0.4 is 0 Å². The number of hydrogen-bond acceptors (Lipinski definition) is 0. The molecule has 0 saturated heterocycles. The van der Waals surface area contributed by atoms with E-state index in [4.69, 9.17) is 5.53 Å². The molecule has 0 bridgehead atoms. The molecular formula is C10H20N2. The minimum Gasteiger partial charge on any atom is -0.362 e. The van der Waals surface area contributed by atoms with Crippen molar-refractivity contribution in [2.45, 2.75) is 58.3 Å². The van der Waals surface area contributed by atoms with Gasteiger partial charge in [-0.3, -0.25) is 0 Å². The van der Waals surface area contributed by atoms with E-state index in [1.54, 1.807) is 6.21 Å². The van der Waals surface area contributed by atoms with Gasteiger partial charge in [0.15, 0.2) is 0 Å². The topological polar surface area (TPSA) is 36.4 Å². The largest absolute Gasteiger partial charge is 0.362 e. The molecule has 0 N–H and O–H groups in total. The fourth-order valence-electron chi connectivity index (χ4n) is 1.25. The van der Waals surface area contributed by atoms with Crippen LogP contribution in [0.4, 0.5) is 0 Å². The lowest BCUT2D eigenvalue weighted by Crippen LogP contribution is -1.81. The Labute approximate surface area is 75.6 Å². The van der Waals surface area contributed by atoms with Gasteiger partial charge in [-0.2, -0.15) is 4.79 Å². The van der Waals surface area contributed by atoms with Crippen LogP contribution >= 0.6 is 0 Å². The molecule has 0 aliphatic rings. The Kier molecular flexibility index (Phi) is 9.84. The van der Waals surface area contributed by atoms with Gasteiger partial charge in [-0.25, -0.2) is 0 Å². The summed E-state index contributed by atoms with van der Waals surface area (Å²) in [5.74, 6) is 0. The van der Waals surface area contributed by atoms with Gasteiger partial charge in [-0.15, -0.1) is 0 Å². The standard InChI is InChI=1S/C10H20N2/c1-2-3-4-5-6-7-8-9-10-12-11/h10H,2-9H2,1H3. The van der Waals surface area contributed by atoms with Gasteiger partial charge >= 0.3 is 0 Å². The monoisotopic (exact) mass is 168 g/mol. The molecule has 0 aliphatic heterocycles. The Morgan fingerprint density at radius 2 is 1.58 bits per heavy atom. The Bertz CT molecular complexity index is 126. The molecule has 70 valence electrons. The van der Waals surface area contributed by atoms with Crippen molar-refractivity contribution < 1.29 is 4.79 Å². The maximum atomic E-state index is 8.11. The zero-order valence-electron chi connectivity index (χ0n) is 8.13. The molecule has 0 aromatic heterocycles. The first-order valence-electron chi connectivity index (χ1n) is 5.07. The molecule has 0 heterocycles. The van der Waals surface area contributed by atoms with Crippen LogP contribution in [0, 0.1) is 0 Å². The zero-order valence-corrected chi connectivity index (χ0v) is 8.13. The third kappa shape index (κ3) is 9.38. The van der Waals surface area contributed by atoms with E-state index >= 15 is 0 Å². The van der Waals surface area contributed by atoms with E-state index in [-0.39, 0.29) is 0 Å². The van der Waals surface area contributed by atoms with Crippen molar-refractivity contribution in [2.24, 2.45) is 0 Å². The molecule has 0 aromatic rings. The predicted molar refractivity (Wildman–Crippen MR) is 52.3 cm³/mol. The van der Waals surface area contributed by atoms with Crippen LogP contribution in [0.2, 0.25) is 0 Å². The number of rotatable bonds is 8. The summed E-state index contributed by atoms with van der Waals surface area (Å²) in [7, 11) is 0. The molecule has 0 atom stereocenters. The van der Waals surface area contributed by atoms with Gasteiger partial charge in [0.2, 0.25) is 0 Å². The molecule has 0 spiro atoms. The van der Waals surface area contributed by atoms with Crippen molar-refractivity contribution in [3.8, 4) is 0 Å². The van der Waals surface area contributed by atoms with Gasteiger partial charge in [-0.1, -0.05) is 45.4 Å². The van der Waals surface area contributed by atoms with Crippen LogP contribution in [0.3, 0.4) is 0 Å². The molecule has 0 aromatic carbocycles. The van der Waals surface area contributed by atoms with Gasteiger partial charge in [-0.05, 0) is 6.42 Å². The van der Waals surface area contributed by atoms with Crippen molar-refractivity contribution in [3.05, 3.63) is 5.53 Å². The highest BCUT2D eigenvalue weighted by atomic mass is 14.8. The first-order valence-corrected chi connectivity index (χ1v) is 5.07. The smallest absolute Gasteiger partial charge is 0.257 e. The van der Waals surface area contributed by atoms with E-state index in [0.717, 1.165) is 12.8 Å². The molecule has 0 radical (unpaired) electrons. The fraction of sp³-hybridized carbons (Fsp3) is 0.900. The van der Waals surface area contributed by atoms with Gasteiger partial charge in [0, 0.05) is 6.42 Å². The second-order valence-electron chi connectivity index (χ2n) is 3.21. The average molecular weight is 168 g/mol. The fourth-order valence-corrected chi connectivity index (χ4v) is 1.25. The van der Waals surface area contributed by atoms with Crippen LogP contribution in [0.1, 0.15) is 58.3 Å². The molecular weight excluding hydrogens is 148 g/mol. The third-order valence-electron chi connectivity index (χ3n) is 2.02. The van der Waals surface area contributed by atoms with Crippen molar-refractivity contribution >= 4 is 6.21 Å². The Hall–Kier alpha value is -0.620. The second-order valence-corrected chi connectivity index (χ2v) is 3.21. The first kappa shape index (κ1) is 11.4. The van der Waals surface area contributed by atoms with Gasteiger partial charge < -0.3 is 5.53 Å². The van der Waals surface area contributed by atoms with Crippen molar-refractivity contribution in [2.75, 3.05) is 0 Å². The summed E-state index contributed by atoms with van der Waals surface area (Å²) < 4.78 is 0. The molecule has 12 heavy (non-hydrogen) atoms. The summed E-state index contributed by atoms with van der Waals surface area (Å²) in [6.07, 6.45) is 11.7. The predicted octanol–water partition coefficient (Wildman–Crippen LogP) is 3.43. The molecule has 0 amide bonds. The normalized spacial score (nSPS) is 9.42. The zero-order chi connectivity index (χ0) is 9.07. The van der Waals surface area contributed by atoms with E-state index < -0.39 is 0 Å². The average Bonchev–Trinajstić information content (AvgIpc) is 2.10. The van der Waals surface area contributed by atoms with E-state index in [0.29, 0.717) is 0 Å². The van der Waals surface area contributed by atoms with Crippen LogP contribution in [-0.4, -0.2) is 11.0 Å². The summed E-state index contributed by atoms with van der Waals surface area (Å²) in [4.78, 5) is 2.96. The Morgan fingerprint density at radius 3 is 2.17 bits per heavy atom. The van der Waals surface area contributed by atoms with Crippen LogP contribution in [0.15, 0.2) is 0 Å².